The maximum atomic E-state index is 12.1. The number of piperazine rings is 1. The fraction of sp³-hybridized carbons (Fsp3) is 0.889. The third-order valence-corrected chi connectivity index (χ3v) is 4.57. The van der Waals surface area contributed by atoms with E-state index >= 15 is 0 Å². The van der Waals surface area contributed by atoms with Crippen molar-refractivity contribution >= 4 is 12.1 Å². The number of hydrogen-bond acceptors (Lipinski definition) is 4. The fourth-order valence-corrected chi connectivity index (χ4v) is 3.09. The summed E-state index contributed by atoms with van der Waals surface area (Å²) in [6.45, 7) is 14.4. The molecule has 25 heavy (non-hydrogen) atoms. The maximum Gasteiger partial charge on any atom is 0.410 e. The van der Waals surface area contributed by atoms with Gasteiger partial charge in [0, 0.05) is 44.8 Å². The molecule has 2 rings (SSSR count). The minimum absolute atomic E-state index is 0.250. The molecule has 0 radical (unpaired) electrons. The van der Waals surface area contributed by atoms with Crippen LogP contribution < -0.4 is 5.73 Å². The lowest BCUT2D eigenvalue weighted by molar-refractivity contribution is 0.0186. The minimum atomic E-state index is -0.460. The van der Waals surface area contributed by atoms with Crippen molar-refractivity contribution in [2.45, 2.75) is 65.1 Å². The molecule has 144 valence electrons. The van der Waals surface area contributed by atoms with Crippen LogP contribution in [0.25, 0.3) is 0 Å². The third-order valence-electron chi connectivity index (χ3n) is 4.57. The average molecular weight is 354 g/mol. The molecule has 0 bridgehead atoms. The number of ether oxygens (including phenoxy) is 1. The monoisotopic (exact) mass is 353 g/mol. The first-order chi connectivity index (χ1) is 11.7. The van der Waals surface area contributed by atoms with Gasteiger partial charge in [-0.2, -0.15) is 0 Å². The Morgan fingerprint density at radius 1 is 1.20 bits per heavy atom. The Balaban J connectivity index is 1.74. The number of nitrogens with zero attached hydrogens (tertiary/aromatic N) is 4. The summed E-state index contributed by atoms with van der Waals surface area (Å²) < 4.78 is 5.42. The largest absolute Gasteiger partial charge is 0.444 e. The summed E-state index contributed by atoms with van der Waals surface area (Å²) in [6, 6.07) is 1.30. The average Bonchev–Trinajstić information content (AvgIpc) is 3.34. The highest BCUT2D eigenvalue weighted by Gasteiger charge is 2.30. The summed E-state index contributed by atoms with van der Waals surface area (Å²) in [5, 5.41) is 0. The fourth-order valence-electron chi connectivity index (χ4n) is 3.09. The van der Waals surface area contributed by atoms with E-state index in [0.717, 1.165) is 19.1 Å². The molecule has 2 aliphatic rings. The second-order valence-corrected chi connectivity index (χ2v) is 8.26. The van der Waals surface area contributed by atoms with Gasteiger partial charge in [-0.3, -0.25) is 9.89 Å². The predicted molar refractivity (Wildman–Crippen MR) is 101 cm³/mol. The van der Waals surface area contributed by atoms with Crippen LogP contribution in [0.15, 0.2) is 4.99 Å². The summed E-state index contributed by atoms with van der Waals surface area (Å²) in [6.07, 6.45) is 2.37. The van der Waals surface area contributed by atoms with Gasteiger partial charge in [0.1, 0.15) is 5.60 Å². The van der Waals surface area contributed by atoms with Crippen molar-refractivity contribution < 1.29 is 9.53 Å². The number of hydrogen-bond donors (Lipinski definition) is 1. The first kappa shape index (κ1) is 19.8. The number of nitrogens with two attached hydrogens (primary N) is 1. The standard InChI is InChI=1S/C18H35N5O2/c1-14(2)23(15-6-7-15)9-8-20-16(19)21-10-12-22(13-11-21)17(24)25-18(3,4)5/h14-15H,6-13H2,1-5H3,(H2,19,20). The molecule has 0 aromatic rings. The van der Waals surface area contributed by atoms with Crippen LogP contribution in [-0.4, -0.2) is 83.7 Å². The number of guanidine groups is 1. The SMILES string of the molecule is CC(C)N(CCN=C(N)N1CCN(C(=O)OC(C)(C)C)CC1)C1CC1. The van der Waals surface area contributed by atoms with Gasteiger partial charge in [-0.05, 0) is 47.5 Å². The molecule has 1 saturated heterocycles. The molecule has 0 aromatic heterocycles. The molecular formula is C18H35N5O2. The van der Waals surface area contributed by atoms with Crippen LogP contribution in [0.4, 0.5) is 4.79 Å². The summed E-state index contributed by atoms with van der Waals surface area (Å²) in [7, 11) is 0. The molecule has 2 fully saturated rings. The van der Waals surface area contributed by atoms with E-state index in [1.54, 1.807) is 4.90 Å². The maximum absolute atomic E-state index is 12.1. The van der Waals surface area contributed by atoms with Gasteiger partial charge >= 0.3 is 6.09 Å². The Bertz CT molecular complexity index is 472. The molecular weight excluding hydrogens is 318 g/mol. The molecule has 1 saturated carbocycles. The lowest BCUT2D eigenvalue weighted by atomic mass is 10.2. The molecule has 2 N–H and O–H groups in total. The molecule has 7 nitrogen and oxygen atoms in total. The number of amides is 1. The van der Waals surface area contributed by atoms with Crippen molar-refractivity contribution in [2.75, 3.05) is 39.3 Å². The number of aliphatic imine (C=N–C) groups is 1. The zero-order valence-electron chi connectivity index (χ0n) is 16.5. The zero-order valence-corrected chi connectivity index (χ0v) is 16.5. The van der Waals surface area contributed by atoms with Gasteiger partial charge in [0.15, 0.2) is 5.96 Å². The van der Waals surface area contributed by atoms with E-state index in [1.807, 2.05) is 20.8 Å². The minimum Gasteiger partial charge on any atom is -0.444 e. The lowest BCUT2D eigenvalue weighted by Crippen LogP contribution is -2.53. The van der Waals surface area contributed by atoms with Gasteiger partial charge in [-0.1, -0.05) is 0 Å². The summed E-state index contributed by atoms with van der Waals surface area (Å²) in [5.41, 5.74) is 5.69. The molecule has 1 aliphatic carbocycles. The van der Waals surface area contributed by atoms with Crippen LogP contribution in [-0.2, 0) is 4.74 Å². The normalized spacial score (nSPS) is 19.7. The molecule has 1 heterocycles. The van der Waals surface area contributed by atoms with E-state index in [0.29, 0.717) is 38.2 Å². The molecule has 0 aromatic carbocycles. The Morgan fingerprint density at radius 3 is 2.24 bits per heavy atom. The summed E-state index contributed by atoms with van der Waals surface area (Å²) in [5.74, 6) is 0.586. The van der Waals surface area contributed by atoms with E-state index < -0.39 is 5.60 Å². The van der Waals surface area contributed by atoms with Gasteiger partial charge in [-0.25, -0.2) is 4.79 Å². The molecule has 0 unspecified atom stereocenters. The second kappa shape index (κ2) is 8.25. The summed E-state index contributed by atoms with van der Waals surface area (Å²) in [4.78, 5) is 22.9. The number of rotatable bonds is 5. The van der Waals surface area contributed by atoms with Crippen molar-refractivity contribution in [3.63, 3.8) is 0 Å². The van der Waals surface area contributed by atoms with Gasteiger partial charge in [0.2, 0.25) is 0 Å². The van der Waals surface area contributed by atoms with Crippen LogP contribution in [0.1, 0.15) is 47.5 Å². The third kappa shape index (κ3) is 6.38. The molecule has 0 spiro atoms. The van der Waals surface area contributed by atoms with Gasteiger partial charge < -0.3 is 20.3 Å². The highest BCUT2D eigenvalue weighted by molar-refractivity contribution is 5.78. The lowest BCUT2D eigenvalue weighted by Gasteiger charge is -2.36. The Kier molecular flexibility index (Phi) is 6.54. The number of carbonyl (C=O) groups excluding carboxylic acids is 1. The molecule has 1 aliphatic heterocycles. The van der Waals surface area contributed by atoms with Crippen LogP contribution >= 0.6 is 0 Å². The van der Waals surface area contributed by atoms with Crippen LogP contribution in [0, 0.1) is 0 Å². The summed E-state index contributed by atoms with van der Waals surface area (Å²) >= 11 is 0. The van der Waals surface area contributed by atoms with Crippen LogP contribution in [0.3, 0.4) is 0 Å². The van der Waals surface area contributed by atoms with Gasteiger partial charge in [0.05, 0.1) is 6.54 Å². The zero-order chi connectivity index (χ0) is 18.6. The van der Waals surface area contributed by atoms with Crippen molar-refractivity contribution in [3.8, 4) is 0 Å². The second-order valence-electron chi connectivity index (χ2n) is 8.26. The highest BCUT2D eigenvalue weighted by atomic mass is 16.6. The van der Waals surface area contributed by atoms with Crippen LogP contribution in [0.2, 0.25) is 0 Å². The molecule has 1 amide bonds. The topological polar surface area (TPSA) is 74.4 Å². The van der Waals surface area contributed by atoms with Gasteiger partial charge in [0.25, 0.3) is 0 Å². The predicted octanol–water partition coefficient (Wildman–Crippen LogP) is 1.73. The van der Waals surface area contributed by atoms with E-state index in [2.05, 4.69) is 28.6 Å². The van der Waals surface area contributed by atoms with E-state index in [4.69, 9.17) is 10.5 Å². The van der Waals surface area contributed by atoms with Crippen LogP contribution in [0.5, 0.6) is 0 Å². The Morgan fingerprint density at radius 2 is 1.76 bits per heavy atom. The van der Waals surface area contributed by atoms with Crippen molar-refractivity contribution in [1.82, 2.24) is 14.7 Å². The van der Waals surface area contributed by atoms with Gasteiger partial charge in [-0.15, -0.1) is 0 Å². The highest BCUT2D eigenvalue weighted by Crippen LogP contribution is 2.28. The smallest absolute Gasteiger partial charge is 0.410 e. The number of carbonyl (C=O) groups is 1. The van der Waals surface area contributed by atoms with E-state index in [-0.39, 0.29) is 6.09 Å². The quantitative estimate of drug-likeness (QED) is 0.602. The molecule has 7 heteroatoms. The Labute approximate surface area is 152 Å². The van der Waals surface area contributed by atoms with Crippen molar-refractivity contribution in [2.24, 2.45) is 10.7 Å². The first-order valence-electron chi connectivity index (χ1n) is 9.46. The van der Waals surface area contributed by atoms with E-state index in [1.165, 1.54) is 12.8 Å². The molecule has 0 atom stereocenters. The van der Waals surface area contributed by atoms with E-state index in [9.17, 15) is 4.79 Å². The first-order valence-corrected chi connectivity index (χ1v) is 9.46. The van der Waals surface area contributed by atoms with Crippen molar-refractivity contribution in [3.05, 3.63) is 0 Å². The van der Waals surface area contributed by atoms with Crippen molar-refractivity contribution in [1.29, 1.82) is 0 Å². The Hall–Kier alpha value is -1.50.